The smallest absolute Gasteiger partial charge is 0.247 e. The van der Waals surface area contributed by atoms with Gasteiger partial charge in [-0.25, -0.2) is 0 Å². The number of aromatic nitrogens is 1. The van der Waals surface area contributed by atoms with Crippen molar-refractivity contribution in [1.82, 2.24) is 4.98 Å². The molecule has 0 aliphatic rings. The lowest BCUT2D eigenvalue weighted by Gasteiger charge is -1.95. The van der Waals surface area contributed by atoms with Crippen molar-refractivity contribution in [1.29, 1.82) is 5.26 Å². The van der Waals surface area contributed by atoms with Crippen molar-refractivity contribution in [3.05, 3.63) is 54.1 Å². The fourth-order valence-corrected chi connectivity index (χ4v) is 2.16. The molecule has 5 nitrogen and oxygen atoms in total. The van der Waals surface area contributed by atoms with Gasteiger partial charge in [-0.1, -0.05) is 36.4 Å². The van der Waals surface area contributed by atoms with Crippen molar-refractivity contribution in [3.63, 3.8) is 0 Å². The number of nitriles is 1. The second-order valence-electron chi connectivity index (χ2n) is 4.22. The summed E-state index contributed by atoms with van der Waals surface area (Å²) in [5, 5.41) is 11.0. The molecular formula is C15H14N3O2P. The molecule has 3 aromatic rings. The van der Waals surface area contributed by atoms with Gasteiger partial charge in [0.25, 0.3) is 0 Å². The summed E-state index contributed by atoms with van der Waals surface area (Å²) in [6.45, 7) is 0. The van der Waals surface area contributed by atoms with Gasteiger partial charge >= 0.3 is 0 Å². The van der Waals surface area contributed by atoms with Gasteiger partial charge in [-0.15, -0.1) is 0 Å². The number of allylic oxidation sites excluding steroid dienone is 1. The van der Waals surface area contributed by atoms with Gasteiger partial charge in [0, 0.05) is 22.4 Å². The molecule has 5 N–H and O–H groups in total. The Bertz CT molecular complexity index is 816. The first-order valence-corrected chi connectivity index (χ1v) is 7.43. The highest BCUT2D eigenvalue weighted by atomic mass is 31.2. The highest BCUT2D eigenvalue weighted by Crippen LogP contribution is 2.27. The van der Waals surface area contributed by atoms with E-state index in [-0.39, 0.29) is 0 Å². The molecule has 0 spiro atoms. The van der Waals surface area contributed by atoms with Crippen LogP contribution in [-0.2, 0) is 0 Å². The summed E-state index contributed by atoms with van der Waals surface area (Å²) in [6, 6.07) is 16.4. The molecule has 0 atom stereocenters. The summed E-state index contributed by atoms with van der Waals surface area (Å²) < 4.78 is 0. The number of nitrogens with zero attached hydrogens (tertiary/aromatic N) is 1. The van der Waals surface area contributed by atoms with Gasteiger partial charge in [0.15, 0.2) is 0 Å². The topological polar surface area (TPSA) is 106 Å². The summed E-state index contributed by atoms with van der Waals surface area (Å²) in [7, 11) is -2.12. The van der Waals surface area contributed by atoms with Crippen molar-refractivity contribution in [2.45, 2.75) is 0 Å². The Labute approximate surface area is 122 Å². The minimum Gasteiger partial charge on any atom is -0.354 e. The first kappa shape index (κ1) is 15.2. The van der Waals surface area contributed by atoms with Crippen molar-refractivity contribution in [2.75, 3.05) is 0 Å². The van der Waals surface area contributed by atoms with Crippen LogP contribution in [0.25, 0.3) is 27.9 Å². The Morgan fingerprint density at radius 3 is 2.48 bits per heavy atom. The molecule has 6 heteroatoms. The minimum absolute atomic E-state index is 1.04. The molecule has 0 aliphatic carbocycles. The summed E-state index contributed by atoms with van der Waals surface area (Å²) in [4.78, 5) is 18.3. The summed E-state index contributed by atoms with van der Waals surface area (Å²) >= 11 is 0. The average molecular weight is 299 g/mol. The normalized spacial score (nSPS) is 10.8. The van der Waals surface area contributed by atoms with Crippen LogP contribution in [0.3, 0.4) is 0 Å². The minimum atomic E-state index is -2.12. The molecular weight excluding hydrogens is 285 g/mol. The van der Waals surface area contributed by atoms with Crippen molar-refractivity contribution < 1.29 is 9.79 Å². The fourth-order valence-electron chi connectivity index (χ4n) is 2.16. The Morgan fingerprint density at radius 2 is 1.76 bits per heavy atom. The number of nitrogens with one attached hydrogen (secondary N) is 1. The van der Waals surface area contributed by atoms with E-state index in [1.165, 1.54) is 16.8 Å². The third-order valence-electron chi connectivity index (χ3n) is 2.91. The van der Waals surface area contributed by atoms with Crippen LogP contribution in [0.1, 0.15) is 5.56 Å². The molecule has 21 heavy (non-hydrogen) atoms. The SMILES string of the molecule is N#CC=Cc1cccc2c1[nH]c1ccccc12.NP(O)O. The van der Waals surface area contributed by atoms with E-state index >= 15 is 0 Å². The number of fused-ring (bicyclic) bond motifs is 3. The van der Waals surface area contributed by atoms with E-state index in [1.807, 2.05) is 36.4 Å². The maximum Gasteiger partial charge on any atom is 0.247 e. The zero-order chi connectivity index (χ0) is 15.2. The average Bonchev–Trinajstić information content (AvgIpc) is 2.84. The maximum absolute atomic E-state index is 8.59. The highest BCUT2D eigenvalue weighted by molar-refractivity contribution is 7.42. The van der Waals surface area contributed by atoms with Gasteiger partial charge in [-0.3, -0.25) is 5.50 Å². The molecule has 0 saturated carbocycles. The maximum atomic E-state index is 8.59. The lowest BCUT2D eigenvalue weighted by Crippen LogP contribution is -1.78. The number of hydrogen-bond acceptors (Lipinski definition) is 4. The number of nitrogens with two attached hydrogens (primary N) is 1. The van der Waals surface area contributed by atoms with Crippen molar-refractivity contribution >= 4 is 36.4 Å². The van der Waals surface area contributed by atoms with E-state index < -0.39 is 8.53 Å². The fraction of sp³-hybridized carbons (Fsp3) is 0. The summed E-state index contributed by atoms with van der Waals surface area (Å²) in [6.07, 6.45) is 3.33. The van der Waals surface area contributed by atoms with Gasteiger partial charge in [-0.2, -0.15) is 5.26 Å². The van der Waals surface area contributed by atoms with Crippen LogP contribution in [0, 0.1) is 11.3 Å². The van der Waals surface area contributed by atoms with E-state index in [4.69, 9.17) is 15.0 Å². The number of rotatable bonds is 1. The van der Waals surface area contributed by atoms with Crippen molar-refractivity contribution in [2.24, 2.45) is 5.50 Å². The largest absolute Gasteiger partial charge is 0.354 e. The third kappa shape index (κ3) is 3.66. The molecule has 0 unspecified atom stereocenters. The number of H-pyrrole nitrogens is 1. The molecule has 1 heterocycles. The number of hydrogen-bond donors (Lipinski definition) is 4. The third-order valence-corrected chi connectivity index (χ3v) is 2.91. The molecule has 1 aromatic heterocycles. The van der Waals surface area contributed by atoms with Gasteiger partial charge in [0.05, 0.1) is 11.6 Å². The van der Waals surface area contributed by atoms with Crippen LogP contribution in [0.15, 0.2) is 48.5 Å². The lowest BCUT2D eigenvalue weighted by molar-refractivity contribution is 0.485. The zero-order valence-electron chi connectivity index (χ0n) is 11.1. The van der Waals surface area contributed by atoms with E-state index in [1.54, 1.807) is 0 Å². The molecule has 2 aromatic carbocycles. The van der Waals surface area contributed by atoms with Gasteiger partial charge < -0.3 is 14.8 Å². The summed E-state index contributed by atoms with van der Waals surface area (Å²) in [5.41, 5.74) is 7.54. The number of aromatic amines is 1. The monoisotopic (exact) mass is 299 g/mol. The van der Waals surface area contributed by atoms with E-state index in [9.17, 15) is 0 Å². The van der Waals surface area contributed by atoms with Crippen LogP contribution in [0.2, 0.25) is 0 Å². The second-order valence-corrected chi connectivity index (χ2v) is 4.86. The number of benzene rings is 2. The van der Waals surface area contributed by atoms with Crippen LogP contribution < -0.4 is 5.50 Å². The Kier molecular flexibility index (Phi) is 5.04. The molecule has 3 rings (SSSR count). The number of para-hydroxylation sites is 2. The first-order chi connectivity index (χ1) is 10.1. The summed E-state index contributed by atoms with van der Waals surface area (Å²) in [5.74, 6) is 0. The Balaban J connectivity index is 0.000000361. The quantitative estimate of drug-likeness (QED) is 0.409. The van der Waals surface area contributed by atoms with Gasteiger partial charge in [0.2, 0.25) is 8.53 Å². The lowest BCUT2D eigenvalue weighted by atomic mass is 10.1. The van der Waals surface area contributed by atoms with E-state index in [0.717, 1.165) is 16.6 Å². The second kappa shape index (κ2) is 6.98. The molecule has 0 radical (unpaired) electrons. The van der Waals surface area contributed by atoms with E-state index in [0.29, 0.717) is 0 Å². The first-order valence-electron chi connectivity index (χ1n) is 6.11. The van der Waals surface area contributed by atoms with Gasteiger partial charge in [0.1, 0.15) is 0 Å². The molecule has 106 valence electrons. The van der Waals surface area contributed by atoms with Crippen LogP contribution in [0.5, 0.6) is 0 Å². The molecule has 0 bridgehead atoms. The standard InChI is InChI=1S/C15H10N2.H4NO2P/c16-10-4-6-11-5-3-8-13-12-7-1-2-9-14(12)17-15(11)13;1-4(2)3/h1-9,17H;2-3H,1H2. The van der Waals surface area contributed by atoms with Crippen molar-refractivity contribution in [3.8, 4) is 6.07 Å². The predicted octanol–water partition coefficient (Wildman–Crippen LogP) is 3.01. The van der Waals surface area contributed by atoms with Gasteiger partial charge in [-0.05, 0) is 17.7 Å². The molecule has 0 fully saturated rings. The van der Waals surface area contributed by atoms with Crippen LogP contribution in [0.4, 0.5) is 0 Å². The zero-order valence-corrected chi connectivity index (χ0v) is 12.0. The van der Waals surface area contributed by atoms with E-state index in [2.05, 4.69) is 28.7 Å². The molecule has 0 aliphatic heterocycles. The highest BCUT2D eigenvalue weighted by Gasteiger charge is 2.05. The van der Waals surface area contributed by atoms with Crippen LogP contribution >= 0.6 is 8.53 Å². The predicted molar refractivity (Wildman–Crippen MR) is 86.0 cm³/mol. The Hall–Kier alpha value is -2.22. The van der Waals surface area contributed by atoms with Crippen LogP contribution in [-0.4, -0.2) is 14.8 Å². The Morgan fingerprint density at radius 1 is 1.10 bits per heavy atom. The molecule has 0 amide bonds. The molecule has 0 saturated heterocycles.